The summed E-state index contributed by atoms with van der Waals surface area (Å²) in [6.07, 6.45) is 1.77. The molecule has 82 valence electrons. The van der Waals surface area contributed by atoms with Crippen LogP contribution in [0.4, 0.5) is 0 Å². The largest absolute Gasteiger partial charge is 0.278 e. The first-order valence-corrected chi connectivity index (χ1v) is 5.32. The summed E-state index contributed by atoms with van der Waals surface area (Å²) in [7, 11) is 0. The minimum Gasteiger partial charge on any atom is -0.278 e. The van der Waals surface area contributed by atoms with Crippen LogP contribution in [-0.4, -0.2) is 10.2 Å². The Balaban J connectivity index is 0.000000606. The van der Waals surface area contributed by atoms with Crippen molar-refractivity contribution >= 4 is 0 Å². The molecule has 16 heavy (non-hydrogen) atoms. The summed E-state index contributed by atoms with van der Waals surface area (Å²) in [6.45, 7) is 5.98. The Kier molecular flexibility index (Phi) is 4.28. The topological polar surface area (TPSA) is 52.5 Å². The molecule has 0 atom stereocenters. The average Bonchev–Trinajstić information content (AvgIpc) is 2.78. The van der Waals surface area contributed by atoms with E-state index in [4.69, 9.17) is 5.26 Å². The van der Waals surface area contributed by atoms with Crippen molar-refractivity contribution in [3.63, 3.8) is 0 Å². The maximum absolute atomic E-state index is 8.75. The van der Waals surface area contributed by atoms with Crippen molar-refractivity contribution in [3.05, 3.63) is 41.6 Å². The number of aromatic nitrogens is 2. The molecule has 0 aliphatic rings. The van der Waals surface area contributed by atoms with Crippen molar-refractivity contribution in [2.24, 2.45) is 0 Å². The average molecular weight is 213 g/mol. The van der Waals surface area contributed by atoms with Crippen LogP contribution in [0.5, 0.6) is 0 Å². The van der Waals surface area contributed by atoms with Gasteiger partial charge in [0.1, 0.15) is 0 Å². The summed E-state index contributed by atoms with van der Waals surface area (Å²) in [5.74, 6) is 0. The van der Waals surface area contributed by atoms with Crippen LogP contribution >= 0.6 is 0 Å². The molecule has 0 saturated heterocycles. The fourth-order valence-corrected chi connectivity index (χ4v) is 1.38. The minimum absolute atomic E-state index is 0.663. The van der Waals surface area contributed by atoms with E-state index in [1.165, 1.54) is 0 Å². The Morgan fingerprint density at radius 2 is 2.06 bits per heavy atom. The van der Waals surface area contributed by atoms with Crippen LogP contribution < -0.4 is 0 Å². The van der Waals surface area contributed by atoms with Gasteiger partial charge in [0.25, 0.3) is 0 Å². The Morgan fingerprint density at radius 1 is 1.31 bits per heavy atom. The number of hydrogen-bond donors (Lipinski definition) is 1. The smallest absolute Gasteiger partial charge is 0.0991 e. The number of nitrogens with zero attached hydrogens (tertiary/aromatic N) is 2. The lowest BCUT2D eigenvalue weighted by molar-refractivity contribution is 1.10. The summed E-state index contributed by atoms with van der Waals surface area (Å²) >= 11 is 0. The van der Waals surface area contributed by atoms with E-state index in [0.29, 0.717) is 5.56 Å². The Hall–Kier alpha value is -2.08. The quantitative estimate of drug-likeness (QED) is 0.790. The van der Waals surface area contributed by atoms with Gasteiger partial charge in [-0.25, -0.2) is 0 Å². The summed E-state index contributed by atoms with van der Waals surface area (Å²) in [5.41, 5.74) is 3.72. The van der Waals surface area contributed by atoms with E-state index < -0.39 is 0 Å². The fraction of sp³-hybridized carbons (Fsp3) is 0.231. The van der Waals surface area contributed by atoms with Gasteiger partial charge >= 0.3 is 0 Å². The predicted molar refractivity (Wildman–Crippen MR) is 64.8 cm³/mol. The van der Waals surface area contributed by atoms with E-state index in [9.17, 15) is 0 Å². The van der Waals surface area contributed by atoms with E-state index in [1.807, 2.05) is 39.0 Å². The van der Waals surface area contributed by atoms with Crippen molar-refractivity contribution in [1.82, 2.24) is 10.2 Å². The van der Waals surface area contributed by atoms with Crippen LogP contribution in [0.2, 0.25) is 0 Å². The molecule has 1 N–H and O–H groups in total. The van der Waals surface area contributed by atoms with Gasteiger partial charge in [0, 0.05) is 5.56 Å². The Labute approximate surface area is 95.7 Å². The monoisotopic (exact) mass is 213 g/mol. The molecular formula is C13H15N3. The molecule has 0 saturated carbocycles. The summed E-state index contributed by atoms with van der Waals surface area (Å²) < 4.78 is 0. The van der Waals surface area contributed by atoms with Gasteiger partial charge < -0.3 is 0 Å². The lowest BCUT2D eigenvalue weighted by atomic mass is 10.1. The maximum atomic E-state index is 8.75. The first kappa shape index (κ1) is 12.0. The number of nitriles is 1. The van der Waals surface area contributed by atoms with E-state index in [0.717, 1.165) is 16.8 Å². The van der Waals surface area contributed by atoms with Crippen LogP contribution in [0.1, 0.15) is 25.0 Å². The maximum Gasteiger partial charge on any atom is 0.0991 e. The van der Waals surface area contributed by atoms with Gasteiger partial charge in [-0.15, -0.1) is 0 Å². The molecule has 2 rings (SSSR count). The number of H-pyrrole nitrogens is 1. The number of hydrogen-bond acceptors (Lipinski definition) is 2. The van der Waals surface area contributed by atoms with E-state index in [1.54, 1.807) is 12.3 Å². The molecule has 0 radical (unpaired) electrons. The van der Waals surface area contributed by atoms with Crippen molar-refractivity contribution < 1.29 is 0 Å². The van der Waals surface area contributed by atoms with Gasteiger partial charge in [0.2, 0.25) is 0 Å². The number of aryl methyl sites for hydroxylation is 1. The molecule has 3 heteroatoms. The molecule has 0 aliphatic heterocycles. The first-order chi connectivity index (χ1) is 7.81. The third kappa shape index (κ3) is 2.48. The molecule has 1 heterocycles. The second-order valence-electron chi connectivity index (χ2n) is 3.12. The van der Waals surface area contributed by atoms with Gasteiger partial charge in [-0.1, -0.05) is 26.0 Å². The van der Waals surface area contributed by atoms with E-state index in [2.05, 4.69) is 16.3 Å². The highest BCUT2D eigenvalue weighted by molar-refractivity contribution is 5.63. The molecule has 0 aliphatic carbocycles. The van der Waals surface area contributed by atoms with Gasteiger partial charge in [0.05, 0.1) is 23.5 Å². The van der Waals surface area contributed by atoms with Gasteiger partial charge in [-0.05, 0) is 24.6 Å². The normalized spacial score (nSPS) is 8.88. The third-order valence-electron chi connectivity index (χ3n) is 2.11. The first-order valence-electron chi connectivity index (χ1n) is 5.32. The van der Waals surface area contributed by atoms with Crippen LogP contribution in [-0.2, 0) is 0 Å². The highest BCUT2D eigenvalue weighted by Crippen LogP contribution is 2.20. The van der Waals surface area contributed by atoms with Gasteiger partial charge in [0.15, 0.2) is 0 Å². The molecule has 0 unspecified atom stereocenters. The van der Waals surface area contributed by atoms with Crippen molar-refractivity contribution in [1.29, 1.82) is 5.26 Å². The zero-order chi connectivity index (χ0) is 12.0. The summed E-state index contributed by atoms with van der Waals surface area (Å²) in [4.78, 5) is 0. The molecule has 1 aromatic carbocycles. The Morgan fingerprint density at radius 3 is 2.62 bits per heavy atom. The second kappa shape index (κ2) is 5.72. The standard InChI is InChI=1S/C11H9N3.C2H6/c1-8-7-13-14-11(8)10-4-2-3-9(5-10)6-12;1-2/h2-5,7H,1H3,(H,13,14);1-2H3. The SMILES string of the molecule is CC.Cc1cn[nH]c1-c1cccc(C#N)c1. The predicted octanol–water partition coefficient (Wildman–Crippen LogP) is 3.28. The number of rotatable bonds is 1. The highest BCUT2D eigenvalue weighted by Gasteiger charge is 2.03. The van der Waals surface area contributed by atoms with Crippen LogP contribution in [0.3, 0.4) is 0 Å². The summed E-state index contributed by atoms with van der Waals surface area (Å²) in [5, 5.41) is 15.6. The molecule has 1 aromatic heterocycles. The van der Waals surface area contributed by atoms with Crippen LogP contribution in [0.15, 0.2) is 30.5 Å². The molecule has 0 bridgehead atoms. The lowest BCUT2D eigenvalue weighted by Crippen LogP contribution is -1.82. The zero-order valence-electron chi connectivity index (χ0n) is 9.78. The molecule has 2 aromatic rings. The molecule has 3 nitrogen and oxygen atoms in total. The Bertz CT molecular complexity index is 492. The number of nitrogens with one attached hydrogen (secondary N) is 1. The lowest BCUT2D eigenvalue weighted by Gasteiger charge is -1.99. The molecular weight excluding hydrogens is 198 g/mol. The van der Waals surface area contributed by atoms with E-state index in [-0.39, 0.29) is 0 Å². The zero-order valence-corrected chi connectivity index (χ0v) is 9.78. The highest BCUT2D eigenvalue weighted by atomic mass is 15.1. The van der Waals surface area contributed by atoms with Crippen molar-refractivity contribution in [2.75, 3.05) is 0 Å². The molecule has 0 fully saturated rings. The number of aromatic amines is 1. The molecule has 0 amide bonds. The fourth-order valence-electron chi connectivity index (χ4n) is 1.38. The van der Waals surface area contributed by atoms with Gasteiger partial charge in [-0.3, -0.25) is 5.10 Å². The summed E-state index contributed by atoms with van der Waals surface area (Å²) in [6, 6.07) is 9.58. The molecule has 0 spiro atoms. The van der Waals surface area contributed by atoms with E-state index >= 15 is 0 Å². The van der Waals surface area contributed by atoms with Gasteiger partial charge in [-0.2, -0.15) is 10.4 Å². The van der Waals surface area contributed by atoms with Crippen molar-refractivity contribution in [2.45, 2.75) is 20.8 Å². The van der Waals surface area contributed by atoms with Crippen LogP contribution in [0, 0.1) is 18.3 Å². The van der Waals surface area contributed by atoms with Crippen molar-refractivity contribution in [3.8, 4) is 17.3 Å². The second-order valence-corrected chi connectivity index (χ2v) is 3.12. The third-order valence-corrected chi connectivity index (χ3v) is 2.11. The minimum atomic E-state index is 0.663. The van der Waals surface area contributed by atoms with Crippen LogP contribution in [0.25, 0.3) is 11.3 Å². The number of benzene rings is 1.